The molecule has 0 bridgehead atoms. The zero-order chi connectivity index (χ0) is 15.4. The van der Waals surface area contributed by atoms with Crippen LogP contribution in [0.1, 0.15) is 22.3 Å². The van der Waals surface area contributed by atoms with Crippen LogP contribution in [0.25, 0.3) is 0 Å². The third-order valence-corrected chi connectivity index (χ3v) is 3.95. The molecule has 0 radical (unpaired) electrons. The van der Waals surface area contributed by atoms with Gasteiger partial charge in [0.05, 0.1) is 5.02 Å². The van der Waals surface area contributed by atoms with E-state index >= 15 is 0 Å². The molecule has 0 saturated carbocycles. The molecule has 0 spiro atoms. The van der Waals surface area contributed by atoms with E-state index in [1.807, 2.05) is 6.07 Å². The fourth-order valence-corrected chi connectivity index (χ4v) is 2.76. The summed E-state index contributed by atoms with van der Waals surface area (Å²) in [7, 11) is 0. The third kappa shape index (κ3) is 4.13. The van der Waals surface area contributed by atoms with Gasteiger partial charge in [-0.3, -0.25) is 0 Å². The van der Waals surface area contributed by atoms with Gasteiger partial charge in [-0.2, -0.15) is 0 Å². The summed E-state index contributed by atoms with van der Waals surface area (Å²) >= 11 is 12.3. The van der Waals surface area contributed by atoms with Crippen molar-refractivity contribution in [3.63, 3.8) is 0 Å². The van der Waals surface area contributed by atoms with Crippen LogP contribution < -0.4 is 10.5 Å². The van der Waals surface area contributed by atoms with Crippen LogP contribution in [-0.4, -0.2) is 6.54 Å². The molecule has 0 saturated heterocycles. The quantitative estimate of drug-likeness (QED) is 0.866. The van der Waals surface area contributed by atoms with Gasteiger partial charge in [0.25, 0.3) is 0 Å². The lowest BCUT2D eigenvalue weighted by Gasteiger charge is -2.14. The van der Waals surface area contributed by atoms with E-state index in [2.05, 4.69) is 32.0 Å². The molecule has 0 aliphatic carbocycles. The Labute approximate surface area is 135 Å². The molecule has 112 valence electrons. The van der Waals surface area contributed by atoms with Crippen LogP contribution in [0.5, 0.6) is 5.75 Å². The standard InChI is InChI=1S/C17H19Cl2NO/c1-11-3-4-13(7-12(11)2)10-21-17-14(5-6-20)8-15(18)9-16(17)19/h3-4,7-9H,5-6,10,20H2,1-2H3. The lowest BCUT2D eigenvalue weighted by Crippen LogP contribution is -2.06. The van der Waals surface area contributed by atoms with E-state index in [9.17, 15) is 0 Å². The summed E-state index contributed by atoms with van der Waals surface area (Å²) in [5, 5.41) is 1.12. The van der Waals surface area contributed by atoms with Crippen molar-refractivity contribution in [2.24, 2.45) is 5.73 Å². The highest BCUT2D eigenvalue weighted by molar-refractivity contribution is 6.35. The molecule has 0 fully saturated rings. The molecule has 2 N–H and O–H groups in total. The topological polar surface area (TPSA) is 35.2 Å². The molecule has 0 aromatic heterocycles. The highest BCUT2D eigenvalue weighted by atomic mass is 35.5. The van der Waals surface area contributed by atoms with Gasteiger partial charge in [0.15, 0.2) is 0 Å². The van der Waals surface area contributed by atoms with Gasteiger partial charge in [0, 0.05) is 5.02 Å². The summed E-state index contributed by atoms with van der Waals surface area (Å²) in [5.74, 6) is 0.671. The number of rotatable bonds is 5. The Kier molecular flexibility index (Phi) is 5.51. The van der Waals surface area contributed by atoms with E-state index in [1.165, 1.54) is 11.1 Å². The van der Waals surface area contributed by atoms with Crippen LogP contribution in [0.4, 0.5) is 0 Å². The second kappa shape index (κ2) is 7.17. The highest BCUT2D eigenvalue weighted by Crippen LogP contribution is 2.33. The van der Waals surface area contributed by atoms with Gasteiger partial charge in [0.1, 0.15) is 12.4 Å². The number of benzene rings is 2. The van der Waals surface area contributed by atoms with Gasteiger partial charge in [-0.05, 0) is 61.2 Å². The van der Waals surface area contributed by atoms with Gasteiger partial charge >= 0.3 is 0 Å². The third-order valence-electron chi connectivity index (χ3n) is 3.45. The van der Waals surface area contributed by atoms with E-state index < -0.39 is 0 Å². The molecule has 0 amide bonds. The minimum Gasteiger partial charge on any atom is -0.487 e. The van der Waals surface area contributed by atoms with Crippen molar-refractivity contribution in [3.8, 4) is 5.75 Å². The maximum atomic E-state index is 6.24. The summed E-state index contributed by atoms with van der Waals surface area (Å²) in [5.41, 5.74) is 10.2. The number of hydrogen-bond acceptors (Lipinski definition) is 2. The lowest BCUT2D eigenvalue weighted by molar-refractivity contribution is 0.303. The Bertz CT molecular complexity index is 641. The fraction of sp³-hybridized carbons (Fsp3) is 0.294. The van der Waals surface area contributed by atoms with E-state index in [0.29, 0.717) is 35.4 Å². The van der Waals surface area contributed by atoms with Crippen LogP contribution in [0, 0.1) is 13.8 Å². The van der Waals surface area contributed by atoms with E-state index in [4.69, 9.17) is 33.7 Å². The Morgan fingerprint density at radius 2 is 1.81 bits per heavy atom. The molecule has 0 atom stereocenters. The first-order valence-corrected chi connectivity index (χ1v) is 7.63. The molecule has 0 aliphatic heterocycles. The van der Waals surface area contributed by atoms with Gasteiger partial charge in [-0.15, -0.1) is 0 Å². The van der Waals surface area contributed by atoms with Crippen molar-refractivity contribution < 1.29 is 4.74 Å². The molecule has 4 heteroatoms. The van der Waals surface area contributed by atoms with Crippen molar-refractivity contribution in [3.05, 3.63) is 62.6 Å². The molecular weight excluding hydrogens is 305 g/mol. The van der Waals surface area contributed by atoms with E-state index in [-0.39, 0.29) is 0 Å². The summed E-state index contributed by atoms with van der Waals surface area (Å²) in [6.45, 7) is 5.18. The normalized spacial score (nSPS) is 10.7. The van der Waals surface area contributed by atoms with Crippen LogP contribution in [0.3, 0.4) is 0 Å². The molecule has 0 unspecified atom stereocenters. The Morgan fingerprint density at radius 3 is 2.48 bits per heavy atom. The minimum atomic E-state index is 0.472. The lowest BCUT2D eigenvalue weighted by atomic mass is 10.1. The van der Waals surface area contributed by atoms with Gasteiger partial charge in [-0.1, -0.05) is 41.4 Å². The average Bonchev–Trinajstić information content (AvgIpc) is 2.42. The van der Waals surface area contributed by atoms with Crippen molar-refractivity contribution in [1.82, 2.24) is 0 Å². The molecule has 2 nitrogen and oxygen atoms in total. The van der Waals surface area contributed by atoms with Gasteiger partial charge in [0.2, 0.25) is 0 Å². The second-order valence-corrected chi connectivity index (χ2v) is 5.97. The molecule has 0 aliphatic rings. The maximum Gasteiger partial charge on any atom is 0.141 e. The van der Waals surface area contributed by atoms with Crippen molar-refractivity contribution in [1.29, 1.82) is 0 Å². The SMILES string of the molecule is Cc1ccc(COc2c(Cl)cc(Cl)cc2CCN)cc1C. The predicted molar refractivity (Wildman–Crippen MR) is 89.5 cm³/mol. The first kappa shape index (κ1) is 16.2. The van der Waals surface area contributed by atoms with Crippen molar-refractivity contribution in [2.75, 3.05) is 6.54 Å². The average molecular weight is 324 g/mol. The monoisotopic (exact) mass is 323 g/mol. The van der Waals surface area contributed by atoms with Crippen LogP contribution in [-0.2, 0) is 13.0 Å². The first-order valence-electron chi connectivity index (χ1n) is 6.88. The fourth-order valence-electron chi connectivity index (χ4n) is 2.17. The summed E-state index contributed by atoms with van der Waals surface area (Å²) in [6.07, 6.45) is 0.683. The minimum absolute atomic E-state index is 0.472. The second-order valence-electron chi connectivity index (χ2n) is 5.12. The zero-order valence-corrected chi connectivity index (χ0v) is 13.8. The molecule has 0 heterocycles. The largest absolute Gasteiger partial charge is 0.487 e. The Balaban J connectivity index is 2.20. The van der Waals surface area contributed by atoms with Crippen molar-refractivity contribution in [2.45, 2.75) is 26.9 Å². The molecule has 2 aromatic rings. The number of ether oxygens (including phenoxy) is 1. The zero-order valence-electron chi connectivity index (χ0n) is 12.2. The number of hydrogen-bond donors (Lipinski definition) is 1. The number of nitrogens with two attached hydrogens (primary N) is 1. The smallest absolute Gasteiger partial charge is 0.141 e. The molecule has 21 heavy (non-hydrogen) atoms. The molecular formula is C17H19Cl2NO. The Hall–Kier alpha value is -1.22. The van der Waals surface area contributed by atoms with Crippen LogP contribution in [0.15, 0.2) is 30.3 Å². The summed E-state index contributed by atoms with van der Waals surface area (Å²) < 4.78 is 5.91. The summed E-state index contributed by atoms with van der Waals surface area (Å²) in [4.78, 5) is 0. The summed E-state index contributed by atoms with van der Waals surface area (Å²) in [6, 6.07) is 9.84. The van der Waals surface area contributed by atoms with Gasteiger partial charge in [-0.25, -0.2) is 0 Å². The molecule has 2 aromatic carbocycles. The van der Waals surface area contributed by atoms with Crippen molar-refractivity contribution >= 4 is 23.2 Å². The highest BCUT2D eigenvalue weighted by Gasteiger charge is 2.11. The molecule has 2 rings (SSSR count). The van der Waals surface area contributed by atoms with Gasteiger partial charge < -0.3 is 10.5 Å². The predicted octanol–water partition coefficient (Wildman–Crippen LogP) is 4.69. The Morgan fingerprint density at radius 1 is 1.05 bits per heavy atom. The van der Waals surface area contributed by atoms with Crippen LogP contribution in [0.2, 0.25) is 10.0 Å². The number of halogens is 2. The maximum absolute atomic E-state index is 6.24. The van der Waals surface area contributed by atoms with Crippen LogP contribution >= 0.6 is 23.2 Å². The van der Waals surface area contributed by atoms with E-state index in [1.54, 1.807) is 6.07 Å². The number of aryl methyl sites for hydroxylation is 2. The van der Waals surface area contributed by atoms with E-state index in [0.717, 1.165) is 11.1 Å². The first-order chi connectivity index (χ1) is 10.0.